The van der Waals surface area contributed by atoms with E-state index in [1.807, 2.05) is 12.1 Å². The highest BCUT2D eigenvalue weighted by molar-refractivity contribution is 5.57. The van der Waals surface area contributed by atoms with Crippen LogP contribution in [0.25, 0.3) is 17.1 Å². The largest absolute Gasteiger partial charge is 0.453 e. The molecule has 29 heavy (non-hydrogen) atoms. The van der Waals surface area contributed by atoms with Gasteiger partial charge in [-0.2, -0.15) is 15.5 Å². The van der Waals surface area contributed by atoms with Crippen LogP contribution in [0.2, 0.25) is 0 Å². The molecule has 144 valence electrons. The lowest BCUT2D eigenvalue weighted by Gasteiger charge is -2.12. The van der Waals surface area contributed by atoms with Gasteiger partial charge in [0, 0.05) is 31.1 Å². The summed E-state index contributed by atoms with van der Waals surface area (Å²) >= 11 is 0. The first kappa shape index (κ1) is 18.4. The first-order valence-electron chi connectivity index (χ1n) is 8.80. The SMILES string of the molecule is N#Cc1ccc(-n2ccc(C(O)CN)n2)c(Oc2cnnc(-c3ccc[nH]3)c2)c1. The summed E-state index contributed by atoms with van der Waals surface area (Å²) in [5, 5.41) is 31.6. The quantitative estimate of drug-likeness (QED) is 0.461. The highest BCUT2D eigenvalue weighted by Gasteiger charge is 2.14. The number of aromatic nitrogens is 5. The lowest BCUT2D eigenvalue weighted by atomic mass is 10.2. The number of nitrogens with two attached hydrogens (primary N) is 1. The molecule has 0 fully saturated rings. The number of nitrogens with one attached hydrogen (secondary N) is 1. The Bertz CT molecular complexity index is 1160. The zero-order valence-corrected chi connectivity index (χ0v) is 15.2. The molecule has 0 amide bonds. The summed E-state index contributed by atoms with van der Waals surface area (Å²) in [6, 6.07) is 14.3. The number of hydrogen-bond donors (Lipinski definition) is 3. The van der Waals surface area contributed by atoms with Crippen molar-refractivity contribution < 1.29 is 9.84 Å². The minimum atomic E-state index is -0.855. The molecule has 3 heterocycles. The highest BCUT2D eigenvalue weighted by atomic mass is 16.5. The van der Waals surface area contributed by atoms with Gasteiger partial charge in [0.25, 0.3) is 0 Å². The zero-order valence-electron chi connectivity index (χ0n) is 15.2. The number of aromatic amines is 1. The van der Waals surface area contributed by atoms with E-state index >= 15 is 0 Å². The van der Waals surface area contributed by atoms with E-state index in [1.54, 1.807) is 47.4 Å². The van der Waals surface area contributed by atoms with E-state index < -0.39 is 6.10 Å². The minimum absolute atomic E-state index is 0.0674. The second-order valence-corrected chi connectivity index (χ2v) is 6.19. The molecule has 4 rings (SSSR count). The third kappa shape index (κ3) is 3.84. The number of hydrogen-bond acceptors (Lipinski definition) is 7. The fourth-order valence-corrected chi connectivity index (χ4v) is 2.78. The minimum Gasteiger partial charge on any atom is -0.453 e. The van der Waals surface area contributed by atoms with E-state index in [0.29, 0.717) is 34.1 Å². The van der Waals surface area contributed by atoms with E-state index in [2.05, 4.69) is 26.3 Å². The van der Waals surface area contributed by atoms with Crippen LogP contribution in [-0.2, 0) is 0 Å². The van der Waals surface area contributed by atoms with Crippen molar-refractivity contribution in [2.45, 2.75) is 6.10 Å². The number of nitrogens with zero attached hydrogens (tertiary/aromatic N) is 5. The zero-order chi connectivity index (χ0) is 20.2. The van der Waals surface area contributed by atoms with Crippen LogP contribution in [0.1, 0.15) is 17.4 Å². The summed E-state index contributed by atoms with van der Waals surface area (Å²) in [5.41, 5.74) is 8.41. The van der Waals surface area contributed by atoms with Gasteiger partial charge < -0.3 is 20.6 Å². The molecule has 9 nitrogen and oxygen atoms in total. The normalized spacial score (nSPS) is 11.8. The van der Waals surface area contributed by atoms with Crippen LogP contribution >= 0.6 is 0 Å². The molecule has 1 atom stereocenters. The van der Waals surface area contributed by atoms with E-state index in [4.69, 9.17) is 10.5 Å². The van der Waals surface area contributed by atoms with Crippen molar-refractivity contribution in [1.29, 1.82) is 5.26 Å². The van der Waals surface area contributed by atoms with Gasteiger partial charge >= 0.3 is 0 Å². The van der Waals surface area contributed by atoms with Crippen LogP contribution in [0.15, 0.2) is 61.1 Å². The van der Waals surface area contributed by atoms with Crippen LogP contribution in [0.5, 0.6) is 11.5 Å². The van der Waals surface area contributed by atoms with Crippen LogP contribution in [0.4, 0.5) is 0 Å². The monoisotopic (exact) mass is 387 g/mol. The van der Waals surface area contributed by atoms with Crippen LogP contribution in [-0.4, -0.2) is 36.6 Å². The Labute approximate surface area is 166 Å². The van der Waals surface area contributed by atoms with Crippen molar-refractivity contribution in [1.82, 2.24) is 25.0 Å². The average Bonchev–Trinajstić information content (AvgIpc) is 3.46. The summed E-state index contributed by atoms with van der Waals surface area (Å²) in [7, 11) is 0. The van der Waals surface area contributed by atoms with E-state index in [0.717, 1.165) is 5.69 Å². The fourth-order valence-electron chi connectivity index (χ4n) is 2.78. The third-order valence-electron chi connectivity index (χ3n) is 4.24. The summed E-state index contributed by atoms with van der Waals surface area (Å²) in [6.07, 6.45) is 4.12. The molecule has 4 N–H and O–H groups in total. The molecule has 0 radical (unpaired) electrons. The Kier molecular flexibility index (Phi) is 5.03. The van der Waals surface area contributed by atoms with Gasteiger partial charge in [-0.05, 0) is 30.3 Å². The van der Waals surface area contributed by atoms with Crippen molar-refractivity contribution in [3.63, 3.8) is 0 Å². The molecule has 0 saturated carbocycles. The second kappa shape index (κ2) is 7.93. The molecular formula is C20H17N7O2. The number of ether oxygens (including phenoxy) is 1. The maximum absolute atomic E-state index is 9.90. The number of H-pyrrole nitrogens is 1. The molecule has 0 aliphatic rings. The summed E-state index contributed by atoms with van der Waals surface area (Å²) < 4.78 is 7.59. The highest BCUT2D eigenvalue weighted by Crippen LogP contribution is 2.30. The van der Waals surface area contributed by atoms with Gasteiger partial charge in [0.1, 0.15) is 23.2 Å². The van der Waals surface area contributed by atoms with Crippen LogP contribution < -0.4 is 10.5 Å². The predicted octanol–water partition coefficient (Wildman–Crippen LogP) is 2.31. The van der Waals surface area contributed by atoms with Crippen LogP contribution in [0.3, 0.4) is 0 Å². The Morgan fingerprint density at radius 2 is 2.17 bits per heavy atom. The summed E-state index contributed by atoms with van der Waals surface area (Å²) in [4.78, 5) is 3.07. The number of nitriles is 1. The maximum Gasteiger partial charge on any atom is 0.154 e. The number of rotatable bonds is 6. The second-order valence-electron chi connectivity index (χ2n) is 6.19. The average molecular weight is 387 g/mol. The Morgan fingerprint density at radius 3 is 2.93 bits per heavy atom. The molecule has 0 bridgehead atoms. The number of benzene rings is 1. The van der Waals surface area contributed by atoms with Crippen LogP contribution in [0, 0.1) is 11.3 Å². The van der Waals surface area contributed by atoms with Gasteiger partial charge in [-0.25, -0.2) is 4.68 Å². The molecule has 1 aromatic carbocycles. The first-order chi connectivity index (χ1) is 14.2. The molecule has 9 heteroatoms. The topological polar surface area (TPSA) is 139 Å². The van der Waals surface area contributed by atoms with Gasteiger partial charge in [0.05, 0.1) is 29.2 Å². The lowest BCUT2D eigenvalue weighted by Crippen LogP contribution is -2.12. The molecule has 0 saturated heterocycles. The molecule has 3 aromatic heterocycles. The van der Waals surface area contributed by atoms with E-state index in [1.165, 1.54) is 6.20 Å². The van der Waals surface area contributed by atoms with Gasteiger partial charge in [0.2, 0.25) is 0 Å². The van der Waals surface area contributed by atoms with E-state index in [9.17, 15) is 10.4 Å². The van der Waals surface area contributed by atoms with Gasteiger partial charge in [-0.3, -0.25) is 0 Å². The summed E-state index contributed by atoms with van der Waals surface area (Å²) in [5.74, 6) is 0.863. The maximum atomic E-state index is 9.90. The number of aliphatic hydroxyl groups is 1. The molecule has 0 aliphatic heterocycles. The first-order valence-corrected chi connectivity index (χ1v) is 8.80. The van der Waals surface area contributed by atoms with Crippen molar-refractivity contribution in [3.8, 4) is 34.6 Å². The lowest BCUT2D eigenvalue weighted by molar-refractivity contribution is 0.181. The standard InChI is InChI=1S/C20H17N7O2/c21-10-13-3-4-18(27-7-5-16(26-27)19(28)11-22)20(8-13)29-14-9-17(25-24-12-14)15-2-1-6-23-15/h1-9,12,19,23,28H,11,22H2. The van der Waals surface area contributed by atoms with Crippen molar-refractivity contribution in [2.24, 2.45) is 5.73 Å². The molecule has 1 unspecified atom stereocenters. The van der Waals surface area contributed by atoms with Crippen molar-refractivity contribution in [3.05, 3.63) is 72.3 Å². The Hall–Kier alpha value is -4.00. The molecular weight excluding hydrogens is 370 g/mol. The van der Waals surface area contributed by atoms with Gasteiger partial charge in [-0.15, -0.1) is 5.10 Å². The van der Waals surface area contributed by atoms with Crippen molar-refractivity contribution in [2.75, 3.05) is 6.54 Å². The number of aliphatic hydroxyl groups excluding tert-OH is 1. The van der Waals surface area contributed by atoms with Gasteiger partial charge in [0.15, 0.2) is 5.75 Å². The van der Waals surface area contributed by atoms with Crippen molar-refractivity contribution >= 4 is 0 Å². The predicted molar refractivity (Wildman–Crippen MR) is 104 cm³/mol. The fraction of sp³-hybridized carbons (Fsp3) is 0.100. The summed E-state index contributed by atoms with van der Waals surface area (Å²) in [6.45, 7) is 0.0674. The third-order valence-corrected chi connectivity index (χ3v) is 4.24. The Morgan fingerprint density at radius 1 is 1.28 bits per heavy atom. The molecule has 4 aromatic rings. The van der Waals surface area contributed by atoms with E-state index in [-0.39, 0.29) is 6.54 Å². The Balaban J connectivity index is 1.71. The van der Waals surface area contributed by atoms with Gasteiger partial charge in [-0.1, -0.05) is 0 Å². The molecule has 0 spiro atoms. The molecule has 0 aliphatic carbocycles. The smallest absolute Gasteiger partial charge is 0.154 e.